The van der Waals surface area contributed by atoms with Crippen LogP contribution in [0.1, 0.15) is 52.1 Å². The number of aliphatic hydroxyl groups is 1. The molecule has 0 amide bonds. The highest BCUT2D eigenvalue weighted by atomic mass is 16.5. The minimum atomic E-state index is -0.257. The maximum Gasteiger partial charge on any atom is 0.118 e. The summed E-state index contributed by atoms with van der Waals surface area (Å²) < 4.78 is 5.19. The lowest BCUT2D eigenvalue weighted by atomic mass is 9.86. The third-order valence-corrected chi connectivity index (χ3v) is 3.60. The van der Waals surface area contributed by atoms with Gasteiger partial charge in [0.2, 0.25) is 0 Å². The lowest BCUT2D eigenvalue weighted by molar-refractivity contribution is 0.126. The highest BCUT2D eigenvalue weighted by Gasteiger charge is 2.21. The number of aliphatic hydroxyl groups excluding tert-OH is 1. The Morgan fingerprint density at radius 1 is 1.25 bits per heavy atom. The molecule has 0 aliphatic carbocycles. The summed E-state index contributed by atoms with van der Waals surface area (Å²) in [5.74, 6) is 0.887. The van der Waals surface area contributed by atoms with Gasteiger partial charge < -0.3 is 15.2 Å². The lowest BCUT2D eigenvalue weighted by Crippen LogP contribution is -2.34. The van der Waals surface area contributed by atoms with Crippen molar-refractivity contribution >= 4 is 0 Å². The molecule has 0 spiro atoms. The summed E-state index contributed by atoms with van der Waals surface area (Å²) in [6.45, 7) is 9.30. The Balaban J connectivity index is 2.62. The Labute approximate surface area is 123 Å². The lowest BCUT2D eigenvalue weighted by Gasteiger charge is -2.29. The number of rotatable bonds is 8. The monoisotopic (exact) mass is 279 g/mol. The van der Waals surface area contributed by atoms with Gasteiger partial charge in [0.25, 0.3) is 0 Å². The standard InChI is InChI=1S/C17H29NO2/c1-6-16(14-7-9-15(20-5)10-8-14)18-12-17(3,4)11-13(2)19/h7-10,13,16,18-19H,6,11-12H2,1-5H3. The average molecular weight is 279 g/mol. The van der Waals surface area contributed by atoms with Gasteiger partial charge in [0, 0.05) is 12.6 Å². The highest BCUT2D eigenvalue weighted by molar-refractivity contribution is 5.29. The van der Waals surface area contributed by atoms with E-state index in [0.717, 1.165) is 25.1 Å². The molecule has 2 unspecified atom stereocenters. The first-order valence-electron chi connectivity index (χ1n) is 7.43. The average Bonchev–Trinajstić information content (AvgIpc) is 2.38. The van der Waals surface area contributed by atoms with Crippen LogP contribution >= 0.6 is 0 Å². The maximum atomic E-state index is 9.54. The van der Waals surface area contributed by atoms with Crippen LogP contribution < -0.4 is 10.1 Å². The van der Waals surface area contributed by atoms with Crippen LogP contribution in [0.15, 0.2) is 24.3 Å². The van der Waals surface area contributed by atoms with Crippen molar-refractivity contribution in [3.05, 3.63) is 29.8 Å². The summed E-state index contributed by atoms with van der Waals surface area (Å²) in [6, 6.07) is 8.57. The zero-order valence-corrected chi connectivity index (χ0v) is 13.4. The number of methoxy groups -OCH3 is 1. The molecule has 1 aromatic carbocycles. The van der Waals surface area contributed by atoms with Crippen molar-refractivity contribution in [3.63, 3.8) is 0 Å². The smallest absolute Gasteiger partial charge is 0.118 e. The molecule has 0 bridgehead atoms. The number of benzene rings is 1. The first-order chi connectivity index (χ1) is 9.38. The third kappa shape index (κ3) is 5.51. The van der Waals surface area contributed by atoms with Crippen molar-refractivity contribution in [3.8, 4) is 5.75 Å². The van der Waals surface area contributed by atoms with Crippen LogP contribution in [0, 0.1) is 5.41 Å². The van der Waals surface area contributed by atoms with Gasteiger partial charge in [-0.05, 0) is 42.9 Å². The summed E-state index contributed by atoms with van der Waals surface area (Å²) in [5, 5.41) is 13.2. The van der Waals surface area contributed by atoms with E-state index < -0.39 is 0 Å². The molecule has 2 N–H and O–H groups in total. The molecule has 0 saturated heterocycles. The predicted octanol–water partition coefficient (Wildman–Crippen LogP) is 3.53. The second kappa shape index (κ2) is 7.65. The molecular formula is C17H29NO2. The molecule has 3 heteroatoms. The van der Waals surface area contributed by atoms with Crippen LogP contribution in [-0.4, -0.2) is 24.9 Å². The fraction of sp³-hybridized carbons (Fsp3) is 0.647. The second-order valence-electron chi connectivity index (χ2n) is 6.33. The van der Waals surface area contributed by atoms with E-state index >= 15 is 0 Å². The van der Waals surface area contributed by atoms with Crippen LogP contribution in [0.3, 0.4) is 0 Å². The third-order valence-electron chi connectivity index (χ3n) is 3.60. The molecule has 3 nitrogen and oxygen atoms in total. The molecule has 0 saturated carbocycles. The van der Waals surface area contributed by atoms with Gasteiger partial charge in [0.05, 0.1) is 13.2 Å². The first-order valence-corrected chi connectivity index (χ1v) is 7.43. The largest absolute Gasteiger partial charge is 0.497 e. The minimum Gasteiger partial charge on any atom is -0.497 e. The summed E-state index contributed by atoms with van der Waals surface area (Å²) in [7, 11) is 1.68. The number of nitrogens with one attached hydrogen (secondary N) is 1. The van der Waals surface area contributed by atoms with E-state index in [2.05, 4.69) is 38.2 Å². The Hall–Kier alpha value is -1.06. The van der Waals surface area contributed by atoms with Gasteiger partial charge in [-0.3, -0.25) is 0 Å². The van der Waals surface area contributed by atoms with Crippen molar-refractivity contribution in [2.75, 3.05) is 13.7 Å². The number of hydrogen-bond acceptors (Lipinski definition) is 3. The van der Waals surface area contributed by atoms with Gasteiger partial charge in [-0.1, -0.05) is 32.9 Å². The van der Waals surface area contributed by atoms with Crippen LogP contribution in [0.25, 0.3) is 0 Å². The fourth-order valence-corrected chi connectivity index (χ4v) is 2.61. The van der Waals surface area contributed by atoms with Gasteiger partial charge >= 0.3 is 0 Å². The Bertz CT molecular complexity index is 384. The van der Waals surface area contributed by atoms with Crippen LogP contribution in [-0.2, 0) is 0 Å². The molecule has 1 aromatic rings. The van der Waals surface area contributed by atoms with Crippen molar-refractivity contribution in [2.24, 2.45) is 5.41 Å². The molecule has 2 atom stereocenters. The quantitative estimate of drug-likeness (QED) is 0.765. The van der Waals surface area contributed by atoms with Gasteiger partial charge in [-0.25, -0.2) is 0 Å². The van der Waals surface area contributed by atoms with E-state index in [0.29, 0.717) is 6.04 Å². The van der Waals surface area contributed by atoms with Crippen molar-refractivity contribution in [1.29, 1.82) is 0 Å². The fourth-order valence-electron chi connectivity index (χ4n) is 2.61. The Morgan fingerprint density at radius 2 is 1.85 bits per heavy atom. The van der Waals surface area contributed by atoms with Crippen molar-refractivity contribution in [2.45, 2.75) is 52.7 Å². The SMILES string of the molecule is CCC(NCC(C)(C)CC(C)O)c1ccc(OC)cc1. The normalized spacial score (nSPS) is 14.9. The van der Waals surface area contributed by atoms with E-state index in [1.165, 1.54) is 5.56 Å². The van der Waals surface area contributed by atoms with Crippen LogP contribution in [0.5, 0.6) is 5.75 Å². The maximum absolute atomic E-state index is 9.54. The summed E-state index contributed by atoms with van der Waals surface area (Å²) >= 11 is 0. The summed E-state index contributed by atoms with van der Waals surface area (Å²) in [6.07, 6.45) is 1.59. The van der Waals surface area contributed by atoms with Gasteiger partial charge in [-0.2, -0.15) is 0 Å². The molecule has 0 aromatic heterocycles. The number of hydrogen-bond donors (Lipinski definition) is 2. The molecule has 0 radical (unpaired) electrons. The second-order valence-corrected chi connectivity index (χ2v) is 6.33. The molecule has 0 fully saturated rings. The summed E-state index contributed by atoms with van der Waals surface area (Å²) in [4.78, 5) is 0. The van der Waals surface area contributed by atoms with Gasteiger partial charge in [0.1, 0.15) is 5.75 Å². The molecular weight excluding hydrogens is 250 g/mol. The van der Waals surface area contributed by atoms with E-state index in [1.54, 1.807) is 7.11 Å². The van der Waals surface area contributed by atoms with Crippen LogP contribution in [0.4, 0.5) is 0 Å². The van der Waals surface area contributed by atoms with Crippen molar-refractivity contribution < 1.29 is 9.84 Å². The first kappa shape index (κ1) is 17.0. The molecule has 20 heavy (non-hydrogen) atoms. The molecule has 0 aliphatic rings. The van der Waals surface area contributed by atoms with E-state index in [9.17, 15) is 5.11 Å². The van der Waals surface area contributed by atoms with E-state index in [4.69, 9.17) is 4.74 Å². The zero-order valence-electron chi connectivity index (χ0n) is 13.4. The van der Waals surface area contributed by atoms with E-state index in [1.807, 2.05) is 19.1 Å². The van der Waals surface area contributed by atoms with Gasteiger partial charge in [-0.15, -0.1) is 0 Å². The zero-order chi connectivity index (χ0) is 15.2. The molecule has 114 valence electrons. The van der Waals surface area contributed by atoms with E-state index in [-0.39, 0.29) is 11.5 Å². The Morgan fingerprint density at radius 3 is 2.30 bits per heavy atom. The molecule has 0 heterocycles. The Kier molecular flexibility index (Phi) is 6.50. The van der Waals surface area contributed by atoms with Crippen LogP contribution in [0.2, 0.25) is 0 Å². The topological polar surface area (TPSA) is 41.5 Å². The number of ether oxygens (including phenoxy) is 1. The molecule has 1 rings (SSSR count). The van der Waals surface area contributed by atoms with Crippen molar-refractivity contribution in [1.82, 2.24) is 5.32 Å². The van der Waals surface area contributed by atoms with Gasteiger partial charge in [0.15, 0.2) is 0 Å². The minimum absolute atomic E-state index is 0.0913. The highest BCUT2D eigenvalue weighted by Crippen LogP contribution is 2.25. The summed E-state index contributed by atoms with van der Waals surface area (Å²) in [5.41, 5.74) is 1.37. The molecule has 0 aliphatic heterocycles. The predicted molar refractivity (Wildman–Crippen MR) is 84.1 cm³/mol.